The third kappa shape index (κ3) is 2.90. The minimum absolute atomic E-state index is 0.261. The summed E-state index contributed by atoms with van der Waals surface area (Å²) in [5.74, 6) is 1.65. The molecule has 0 saturated carbocycles. The summed E-state index contributed by atoms with van der Waals surface area (Å²) in [6, 6.07) is 2.35. The van der Waals surface area contributed by atoms with Crippen molar-refractivity contribution in [2.75, 3.05) is 30.4 Å². The van der Waals surface area contributed by atoms with Gasteiger partial charge in [0, 0.05) is 26.4 Å². The van der Waals surface area contributed by atoms with Gasteiger partial charge in [0.25, 0.3) is 0 Å². The van der Waals surface area contributed by atoms with E-state index in [0.717, 1.165) is 31.8 Å². The van der Waals surface area contributed by atoms with Crippen LogP contribution in [0, 0.1) is 0 Å². The summed E-state index contributed by atoms with van der Waals surface area (Å²) in [6.45, 7) is 5.98. The van der Waals surface area contributed by atoms with Gasteiger partial charge in [-0.25, -0.2) is 4.98 Å². The van der Waals surface area contributed by atoms with Crippen molar-refractivity contribution in [2.45, 2.75) is 38.8 Å². The molecule has 0 aliphatic carbocycles. The Morgan fingerprint density at radius 3 is 3.06 bits per heavy atom. The highest BCUT2D eigenvalue weighted by Gasteiger charge is 2.28. The maximum Gasteiger partial charge on any atom is 0.224 e. The van der Waals surface area contributed by atoms with Crippen molar-refractivity contribution in [1.82, 2.24) is 9.97 Å². The Labute approximate surface area is 109 Å². The van der Waals surface area contributed by atoms with Gasteiger partial charge in [-0.15, -0.1) is 0 Å². The molecule has 1 N–H and O–H groups in total. The fraction of sp³-hybridized carbons (Fsp3) is 0.692. The third-order valence-electron chi connectivity index (χ3n) is 3.37. The van der Waals surface area contributed by atoms with Crippen molar-refractivity contribution in [1.29, 1.82) is 0 Å². The standard InChI is InChI=1S/C13H22N4O/c1-4-7-14-13-15-8-5-12(16-13)17(3)11-6-9-18-10(11)2/h5,8,10-11H,4,6-7,9H2,1-3H3,(H,14,15,16). The first-order valence-corrected chi connectivity index (χ1v) is 6.63. The Morgan fingerprint density at radius 1 is 1.56 bits per heavy atom. The summed E-state index contributed by atoms with van der Waals surface area (Å²) in [7, 11) is 2.07. The molecule has 0 bridgehead atoms. The first kappa shape index (κ1) is 13.1. The molecule has 5 nitrogen and oxygen atoms in total. The van der Waals surface area contributed by atoms with E-state index in [4.69, 9.17) is 4.74 Å². The van der Waals surface area contributed by atoms with Crippen molar-refractivity contribution in [3.05, 3.63) is 12.3 Å². The zero-order chi connectivity index (χ0) is 13.0. The molecule has 0 spiro atoms. The number of ether oxygens (including phenoxy) is 1. The molecule has 1 aliphatic rings. The minimum Gasteiger partial charge on any atom is -0.376 e. The molecule has 1 saturated heterocycles. The number of anilines is 2. The van der Waals surface area contributed by atoms with Gasteiger partial charge in [-0.1, -0.05) is 6.92 Å². The van der Waals surface area contributed by atoms with E-state index >= 15 is 0 Å². The molecule has 18 heavy (non-hydrogen) atoms. The predicted octanol–water partition coefficient (Wildman–Crippen LogP) is 1.91. The van der Waals surface area contributed by atoms with E-state index in [1.165, 1.54) is 0 Å². The number of hydrogen-bond donors (Lipinski definition) is 1. The van der Waals surface area contributed by atoms with Crippen molar-refractivity contribution >= 4 is 11.8 Å². The summed E-state index contributed by atoms with van der Waals surface area (Å²) in [4.78, 5) is 11.0. The normalized spacial score (nSPS) is 23.1. The van der Waals surface area contributed by atoms with Gasteiger partial charge in [-0.3, -0.25) is 0 Å². The first-order chi connectivity index (χ1) is 8.72. The topological polar surface area (TPSA) is 50.3 Å². The molecule has 2 unspecified atom stereocenters. The number of nitrogens with one attached hydrogen (secondary N) is 1. The largest absolute Gasteiger partial charge is 0.376 e. The van der Waals surface area contributed by atoms with Crippen LogP contribution >= 0.6 is 0 Å². The van der Waals surface area contributed by atoms with Gasteiger partial charge < -0.3 is 15.0 Å². The van der Waals surface area contributed by atoms with Gasteiger partial charge in [0.05, 0.1) is 12.1 Å². The lowest BCUT2D eigenvalue weighted by Gasteiger charge is -2.27. The SMILES string of the molecule is CCCNc1nccc(N(C)C2CCOC2C)n1. The maximum absolute atomic E-state index is 5.60. The zero-order valence-corrected chi connectivity index (χ0v) is 11.4. The second kappa shape index (κ2) is 6.00. The lowest BCUT2D eigenvalue weighted by molar-refractivity contribution is 0.118. The summed E-state index contributed by atoms with van der Waals surface area (Å²) in [6.07, 6.45) is 4.19. The van der Waals surface area contributed by atoms with Crippen LogP contribution in [-0.2, 0) is 4.74 Å². The number of nitrogens with zero attached hydrogens (tertiary/aromatic N) is 3. The van der Waals surface area contributed by atoms with Crippen LogP contribution in [0.3, 0.4) is 0 Å². The van der Waals surface area contributed by atoms with Crippen LogP contribution in [0.4, 0.5) is 11.8 Å². The highest BCUT2D eigenvalue weighted by atomic mass is 16.5. The van der Waals surface area contributed by atoms with Crippen LogP contribution in [-0.4, -0.2) is 42.3 Å². The number of aromatic nitrogens is 2. The van der Waals surface area contributed by atoms with E-state index < -0.39 is 0 Å². The van der Waals surface area contributed by atoms with Gasteiger partial charge in [0.2, 0.25) is 5.95 Å². The predicted molar refractivity (Wildman–Crippen MR) is 73.0 cm³/mol. The fourth-order valence-electron chi connectivity index (χ4n) is 2.27. The molecule has 2 heterocycles. The van der Waals surface area contributed by atoms with Gasteiger partial charge in [-0.05, 0) is 25.8 Å². The second-order valence-corrected chi connectivity index (χ2v) is 4.71. The molecule has 0 aromatic carbocycles. The Bertz CT molecular complexity index is 385. The smallest absolute Gasteiger partial charge is 0.224 e. The summed E-state index contributed by atoms with van der Waals surface area (Å²) >= 11 is 0. The Hall–Kier alpha value is -1.36. The van der Waals surface area contributed by atoms with E-state index in [9.17, 15) is 0 Å². The van der Waals surface area contributed by atoms with E-state index in [1.807, 2.05) is 6.07 Å². The lowest BCUT2D eigenvalue weighted by Crippen LogP contribution is -2.37. The number of likely N-dealkylation sites (N-methyl/N-ethyl adjacent to an activating group) is 1. The molecule has 0 radical (unpaired) electrons. The molecule has 2 rings (SSSR count). The maximum atomic E-state index is 5.60. The summed E-state index contributed by atoms with van der Waals surface area (Å²) in [5, 5.41) is 3.21. The first-order valence-electron chi connectivity index (χ1n) is 6.63. The average Bonchev–Trinajstić information content (AvgIpc) is 2.82. The molecule has 0 amide bonds. The van der Waals surface area contributed by atoms with Crippen LogP contribution in [0.15, 0.2) is 12.3 Å². The molecular formula is C13H22N4O. The van der Waals surface area contributed by atoms with Crippen LogP contribution in [0.2, 0.25) is 0 Å². The zero-order valence-electron chi connectivity index (χ0n) is 11.4. The fourth-order valence-corrected chi connectivity index (χ4v) is 2.27. The molecule has 100 valence electrons. The van der Waals surface area contributed by atoms with Crippen LogP contribution < -0.4 is 10.2 Å². The highest BCUT2D eigenvalue weighted by molar-refractivity contribution is 5.43. The Balaban J connectivity index is 2.07. The van der Waals surface area contributed by atoms with Gasteiger partial charge in [0.15, 0.2) is 0 Å². The molecule has 1 aromatic heterocycles. The Morgan fingerprint density at radius 2 is 2.39 bits per heavy atom. The van der Waals surface area contributed by atoms with E-state index in [2.05, 4.69) is 41.1 Å². The molecule has 1 aliphatic heterocycles. The van der Waals surface area contributed by atoms with Gasteiger partial charge in [0.1, 0.15) is 5.82 Å². The molecule has 1 aromatic rings. The lowest BCUT2D eigenvalue weighted by atomic mass is 10.1. The van der Waals surface area contributed by atoms with Crippen LogP contribution in [0.1, 0.15) is 26.7 Å². The summed E-state index contributed by atoms with van der Waals surface area (Å²) in [5.41, 5.74) is 0. The highest BCUT2D eigenvalue weighted by Crippen LogP contribution is 2.23. The third-order valence-corrected chi connectivity index (χ3v) is 3.37. The quantitative estimate of drug-likeness (QED) is 0.865. The van der Waals surface area contributed by atoms with Crippen molar-refractivity contribution < 1.29 is 4.74 Å². The summed E-state index contributed by atoms with van der Waals surface area (Å²) < 4.78 is 5.60. The van der Waals surface area contributed by atoms with Crippen LogP contribution in [0.25, 0.3) is 0 Å². The Kier molecular flexibility index (Phi) is 4.36. The number of rotatable bonds is 5. The van der Waals surface area contributed by atoms with Crippen molar-refractivity contribution in [3.8, 4) is 0 Å². The molecule has 1 fully saturated rings. The second-order valence-electron chi connectivity index (χ2n) is 4.71. The molecule has 2 atom stereocenters. The monoisotopic (exact) mass is 250 g/mol. The van der Waals surface area contributed by atoms with Crippen molar-refractivity contribution in [3.63, 3.8) is 0 Å². The van der Waals surface area contributed by atoms with Gasteiger partial charge >= 0.3 is 0 Å². The van der Waals surface area contributed by atoms with E-state index in [-0.39, 0.29) is 6.10 Å². The van der Waals surface area contributed by atoms with E-state index in [0.29, 0.717) is 12.0 Å². The van der Waals surface area contributed by atoms with Crippen LogP contribution in [0.5, 0.6) is 0 Å². The van der Waals surface area contributed by atoms with Crippen molar-refractivity contribution in [2.24, 2.45) is 0 Å². The minimum atomic E-state index is 0.261. The number of hydrogen-bond acceptors (Lipinski definition) is 5. The average molecular weight is 250 g/mol. The van der Waals surface area contributed by atoms with Gasteiger partial charge in [-0.2, -0.15) is 4.98 Å². The molecule has 5 heteroatoms. The van der Waals surface area contributed by atoms with E-state index in [1.54, 1.807) is 6.20 Å². The molecular weight excluding hydrogens is 228 g/mol.